The molecule has 0 bridgehead atoms. The van der Waals surface area contributed by atoms with Gasteiger partial charge in [-0.3, -0.25) is 0 Å². The number of rotatable bonds is 5. The predicted octanol–water partition coefficient (Wildman–Crippen LogP) is 2.52. The highest BCUT2D eigenvalue weighted by molar-refractivity contribution is 7.91. The van der Waals surface area contributed by atoms with Crippen molar-refractivity contribution in [1.82, 2.24) is 0 Å². The molecule has 2 unspecified atom stereocenters. The summed E-state index contributed by atoms with van der Waals surface area (Å²) in [5.41, 5.74) is 5.93. The second-order valence-electron chi connectivity index (χ2n) is 5.46. The van der Waals surface area contributed by atoms with E-state index in [4.69, 9.17) is 10.5 Å². The van der Waals surface area contributed by atoms with Crippen molar-refractivity contribution in [2.75, 3.05) is 5.75 Å². The highest BCUT2D eigenvalue weighted by atomic mass is 32.2. The summed E-state index contributed by atoms with van der Waals surface area (Å²) in [5.74, 6) is 0.907. The van der Waals surface area contributed by atoms with Crippen molar-refractivity contribution >= 4 is 9.84 Å². The summed E-state index contributed by atoms with van der Waals surface area (Å²) in [6, 6.07) is 6.95. The molecule has 4 nitrogen and oxygen atoms in total. The van der Waals surface area contributed by atoms with Gasteiger partial charge in [0.15, 0.2) is 9.84 Å². The zero-order valence-electron chi connectivity index (χ0n) is 11.9. The molecule has 0 radical (unpaired) electrons. The number of benzene rings is 1. The molecule has 0 saturated heterocycles. The van der Waals surface area contributed by atoms with Gasteiger partial charge in [-0.15, -0.1) is 0 Å². The van der Waals surface area contributed by atoms with E-state index in [2.05, 4.69) is 0 Å². The maximum atomic E-state index is 11.9. The molecule has 0 spiro atoms. The lowest BCUT2D eigenvalue weighted by Gasteiger charge is -2.27. The second-order valence-corrected chi connectivity index (χ2v) is 7.57. The molecule has 5 heteroatoms. The molecule has 2 N–H and O–H groups in total. The molecule has 0 aliphatic heterocycles. The molecule has 1 fully saturated rings. The van der Waals surface area contributed by atoms with Crippen LogP contribution in [0.2, 0.25) is 0 Å². The summed E-state index contributed by atoms with van der Waals surface area (Å²) in [7, 11) is -3.14. The average molecular weight is 297 g/mol. The molecule has 2 atom stereocenters. The molecule has 20 heavy (non-hydrogen) atoms. The number of hydrogen-bond donors (Lipinski definition) is 1. The topological polar surface area (TPSA) is 69.4 Å². The van der Waals surface area contributed by atoms with Gasteiger partial charge >= 0.3 is 0 Å². The van der Waals surface area contributed by atoms with Crippen LogP contribution in [0.25, 0.3) is 0 Å². The van der Waals surface area contributed by atoms with Crippen LogP contribution in [0.5, 0.6) is 5.75 Å². The summed E-state index contributed by atoms with van der Waals surface area (Å²) < 4.78 is 29.7. The summed E-state index contributed by atoms with van der Waals surface area (Å²) in [6.07, 6.45) is 4.82. The van der Waals surface area contributed by atoms with Crippen molar-refractivity contribution in [3.8, 4) is 5.75 Å². The van der Waals surface area contributed by atoms with Gasteiger partial charge in [-0.1, -0.05) is 6.92 Å². The summed E-state index contributed by atoms with van der Waals surface area (Å²) in [5, 5.41) is 0. The van der Waals surface area contributed by atoms with Gasteiger partial charge in [0.25, 0.3) is 0 Å². The van der Waals surface area contributed by atoms with Crippen molar-refractivity contribution < 1.29 is 13.2 Å². The number of ether oxygens (including phenoxy) is 1. The van der Waals surface area contributed by atoms with Crippen molar-refractivity contribution in [3.05, 3.63) is 24.3 Å². The fourth-order valence-corrected chi connectivity index (χ4v) is 3.92. The molecule has 1 aliphatic rings. The van der Waals surface area contributed by atoms with E-state index in [-0.39, 0.29) is 17.9 Å². The Morgan fingerprint density at radius 1 is 1.25 bits per heavy atom. The Morgan fingerprint density at radius 2 is 1.95 bits per heavy atom. The van der Waals surface area contributed by atoms with Gasteiger partial charge in [0.2, 0.25) is 0 Å². The fourth-order valence-electron chi connectivity index (χ4n) is 2.59. The first-order valence-corrected chi connectivity index (χ1v) is 8.91. The molecule has 0 aromatic heterocycles. The zero-order valence-corrected chi connectivity index (χ0v) is 12.7. The van der Waals surface area contributed by atoms with Crippen LogP contribution in [0.3, 0.4) is 0 Å². The summed E-state index contributed by atoms with van der Waals surface area (Å²) in [6.45, 7) is 1.86. The molecular weight excluding hydrogens is 274 g/mol. The normalized spacial score (nSPS) is 23.5. The van der Waals surface area contributed by atoms with Crippen LogP contribution in [-0.2, 0) is 9.84 Å². The van der Waals surface area contributed by atoms with Gasteiger partial charge in [-0.25, -0.2) is 8.42 Å². The van der Waals surface area contributed by atoms with Crippen molar-refractivity contribution in [3.63, 3.8) is 0 Å². The van der Waals surface area contributed by atoms with Crippen LogP contribution in [-0.4, -0.2) is 26.3 Å². The van der Waals surface area contributed by atoms with Crippen LogP contribution < -0.4 is 10.5 Å². The fraction of sp³-hybridized carbons (Fsp3) is 0.600. The highest BCUT2D eigenvalue weighted by Gasteiger charge is 2.21. The Hall–Kier alpha value is -1.07. The Morgan fingerprint density at radius 3 is 2.55 bits per heavy atom. The van der Waals surface area contributed by atoms with E-state index < -0.39 is 9.84 Å². The first-order valence-electron chi connectivity index (χ1n) is 7.26. The molecule has 0 amide bonds. The van der Waals surface area contributed by atoms with Crippen LogP contribution in [0.1, 0.15) is 39.0 Å². The number of sulfone groups is 1. The predicted molar refractivity (Wildman–Crippen MR) is 79.6 cm³/mol. The molecule has 1 aromatic rings. The monoisotopic (exact) mass is 297 g/mol. The largest absolute Gasteiger partial charge is 0.490 e. The van der Waals surface area contributed by atoms with E-state index in [1.807, 2.05) is 6.92 Å². The molecule has 1 aliphatic carbocycles. The van der Waals surface area contributed by atoms with E-state index in [1.54, 1.807) is 24.3 Å². The van der Waals surface area contributed by atoms with Crippen LogP contribution >= 0.6 is 0 Å². The molecule has 112 valence electrons. The number of hydrogen-bond acceptors (Lipinski definition) is 4. The standard InChI is InChI=1S/C15H23NO3S/c1-2-10-20(17,18)15-8-6-13(7-9-15)19-14-5-3-4-12(16)11-14/h6-9,12,14H,2-5,10-11,16H2,1H3. The van der Waals surface area contributed by atoms with Gasteiger partial charge in [-0.05, 0) is 56.4 Å². The minimum absolute atomic E-state index is 0.150. The Labute approximate surface area is 121 Å². The average Bonchev–Trinajstić information content (AvgIpc) is 2.39. The van der Waals surface area contributed by atoms with Gasteiger partial charge in [-0.2, -0.15) is 0 Å². The second kappa shape index (κ2) is 6.59. The Bertz CT molecular complexity index is 525. The van der Waals surface area contributed by atoms with Gasteiger partial charge in [0.1, 0.15) is 11.9 Å². The molecule has 1 saturated carbocycles. The highest BCUT2D eigenvalue weighted by Crippen LogP contribution is 2.24. The first-order chi connectivity index (χ1) is 9.51. The van der Waals surface area contributed by atoms with Gasteiger partial charge in [0.05, 0.1) is 10.6 Å². The SMILES string of the molecule is CCCS(=O)(=O)c1ccc(OC2CCCC(N)C2)cc1. The van der Waals surface area contributed by atoms with Crippen LogP contribution in [0.15, 0.2) is 29.2 Å². The van der Waals surface area contributed by atoms with E-state index in [0.29, 0.717) is 11.3 Å². The van der Waals surface area contributed by atoms with E-state index in [9.17, 15) is 8.42 Å². The summed E-state index contributed by atoms with van der Waals surface area (Å²) >= 11 is 0. The smallest absolute Gasteiger partial charge is 0.178 e. The van der Waals surface area contributed by atoms with Crippen molar-refractivity contribution in [2.24, 2.45) is 5.73 Å². The third-order valence-corrected chi connectivity index (χ3v) is 5.56. The lowest BCUT2D eigenvalue weighted by Crippen LogP contribution is -2.33. The molecule has 2 rings (SSSR count). The van der Waals surface area contributed by atoms with Gasteiger partial charge in [0, 0.05) is 6.04 Å². The molecule has 1 aromatic carbocycles. The maximum Gasteiger partial charge on any atom is 0.178 e. The minimum atomic E-state index is -3.14. The lowest BCUT2D eigenvalue weighted by atomic mass is 9.93. The Balaban J connectivity index is 2.01. The van der Waals surface area contributed by atoms with E-state index >= 15 is 0 Å². The van der Waals surface area contributed by atoms with Crippen LogP contribution in [0.4, 0.5) is 0 Å². The van der Waals surface area contributed by atoms with Crippen molar-refractivity contribution in [1.29, 1.82) is 0 Å². The third kappa shape index (κ3) is 3.96. The van der Waals surface area contributed by atoms with E-state index in [0.717, 1.165) is 31.4 Å². The lowest BCUT2D eigenvalue weighted by molar-refractivity contribution is 0.144. The van der Waals surface area contributed by atoms with Crippen molar-refractivity contribution in [2.45, 2.75) is 56.1 Å². The molecular formula is C15H23NO3S. The minimum Gasteiger partial charge on any atom is -0.490 e. The zero-order chi connectivity index (χ0) is 14.6. The van der Waals surface area contributed by atoms with E-state index in [1.165, 1.54) is 0 Å². The summed E-state index contributed by atoms with van der Waals surface area (Å²) in [4.78, 5) is 0.368. The maximum absolute atomic E-state index is 11.9. The Kier molecular flexibility index (Phi) is 5.05. The third-order valence-electron chi connectivity index (χ3n) is 3.63. The number of nitrogens with two attached hydrogens (primary N) is 1. The van der Waals surface area contributed by atoms with Crippen LogP contribution in [0, 0.1) is 0 Å². The quantitative estimate of drug-likeness (QED) is 0.906. The first kappa shape index (κ1) is 15.3. The molecule has 0 heterocycles. The van der Waals surface area contributed by atoms with Gasteiger partial charge < -0.3 is 10.5 Å².